The quantitative estimate of drug-likeness (QED) is 0.657. The van der Waals surface area contributed by atoms with Gasteiger partial charge in [0.25, 0.3) is 5.91 Å². The SMILES string of the molecule is COc1cc(OC)cc(C(=O)N2CCCCC2c2nc3ccccc3s2)c1. The second kappa shape index (κ2) is 7.56. The number of amides is 1. The maximum Gasteiger partial charge on any atom is 0.254 e. The van der Waals surface area contributed by atoms with Crippen molar-refractivity contribution in [1.82, 2.24) is 9.88 Å². The van der Waals surface area contributed by atoms with Crippen molar-refractivity contribution in [3.8, 4) is 11.5 Å². The van der Waals surface area contributed by atoms with Crippen molar-refractivity contribution in [2.24, 2.45) is 0 Å². The van der Waals surface area contributed by atoms with Crippen molar-refractivity contribution >= 4 is 27.5 Å². The Hall–Kier alpha value is -2.60. The van der Waals surface area contributed by atoms with Crippen LogP contribution >= 0.6 is 11.3 Å². The van der Waals surface area contributed by atoms with Gasteiger partial charge in [-0.05, 0) is 43.5 Å². The van der Waals surface area contributed by atoms with E-state index in [0.29, 0.717) is 17.1 Å². The van der Waals surface area contributed by atoms with Crippen LogP contribution in [-0.4, -0.2) is 36.6 Å². The van der Waals surface area contributed by atoms with Crippen LogP contribution in [0.1, 0.15) is 40.7 Å². The number of aromatic nitrogens is 1. The van der Waals surface area contributed by atoms with E-state index in [-0.39, 0.29) is 11.9 Å². The fourth-order valence-corrected chi connectivity index (χ4v) is 4.68. The van der Waals surface area contributed by atoms with E-state index in [1.54, 1.807) is 43.8 Å². The number of ether oxygens (including phenoxy) is 2. The number of piperidine rings is 1. The minimum Gasteiger partial charge on any atom is -0.497 e. The van der Waals surface area contributed by atoms with Gasteiger partial charge in [-0.2, -0.15) is 0 Å². The Balaban J connectivity index is 1.68. The lowest BCUT2D eigenvalue weighted by atomic mass is 10.0. The molecule has 1 atom stereocenters. The second-order valence-electron chi connectivity index (χ2n) is 6.63. The van der Waals surface area contributed by atoms with Crippen molar-refractivity contribution in [2.45, 2.75) is 25.3 Å². The summed E-state index contributed by atoms with van der Waals surface area (Å²) in [6.45, 7) is 0.735. The molecule has 140 valence electrons. The molecule has 0 aliphatic carbocycles. The average Bonchev–Trinajstić information content (AvgIpc) is 3.17. The fourth-order valence-electron chi connectivity index (χ4n) is 3.56. The summed E-state index contributed by atoms with van der Waals surface area (Å²) >= 11 is 1.68. The number of thiazole rings is 1. The summed E-state index contributed by atoms with van der Waals surface area (Å²) in [5.74, 6) is 1.23. The number of methoxy groups -OCH3 is 2. The molecule has 4 rings (SSSR count). The van der Waals surface area contributed by atoms with Crippen LogP contribution in [0.3, 0.4) is 0 Å². The summed E-state index contributed by atoms with van der Waals surface area (Å²) in [6.07, 6.45) is 3.05. The first kappa shape index (κ1) is 17.8. The first-order valence-electron chi connectivity index (χ1n) is 9.09. The van der Waals surface area contributed by atoms with Crippen LogP contribution < -0.4 is 9.47 Å². The zero-order chi connectivity index (χ0) is 18.8. The van der Waals surface area contributed by atoms with E-state index in [9.17, 15) is 4.79 Å². The van der Waals surface area contributed by atoms with Crippen LogP contribution in [0.4, 0.5) is 0 Å². The third-order valence-corrected chi connectivity index (χ3v) is 6.10. The van der Waals surface area contributed by atoms with Gasteiger partial charge in [-0.25, -0.2) is 4.98 Å². The van der Waals surface area contributed by atoms with Gasteiger partial charge in [0.1, 0.15) is 16.5 Å². The number of nitrogens with zero attached hydrogens (tertiary/aromatic N) is 2. The molecule has 1 saturated heterocycles. The molecule has 2 heterocycles. The average molecular weight is 382 g/mol. The number of likely N-dealkylation sites (tertiary alicyclic amines) is 1. The van der Waals surface area contributed by atoms with Gasteiger partial charge < -0.3 is 14.4 Å². The lowest BCUT2D eigenvalue weighted by Gasteiger charge is -2.34. The first-order chi connectivity index (χ1) is 13.2. The molecule has 0 radical (unpaired) electrons. The van der Waals surface area contributed by atoms with Gasteiger partial charge in [-0.3, -0.25) is 4.79 Å². The van der Waals surface area contributed by atoms with Crippen molar-refractivity contribution in [3.05, 3.63) is 53.0 Å². The summed E-state index contributed by atoms with van der Waals surface area (Å²) in [7, 11) is 3.18. The summed E-state index contributed by atoms with van der Waals surface area (Å²) in [5, 5.41) is 1.01. The largest absolute Gasteiger partial charge is 0.497 e. The predicted octanol–water partition coefficient (Wildman–Crippen LogP) is 4.68. The normalized spacial score (nSPS) is 17.1. The Morgan fingerprint density at radius 3 is 2.56 bits per heavy atom. The Labute approximate surface area is 162 Å². The maximum absolute atomic E-state index is 13.3. The summed E-state index contributed by atoms with van der Waals surface area (Å²) in [5.41, 5.74) is 1.58. The molecule has 1 aliphatic heterocycles. The summed E-state index contributed by atoms with van der Waals surface area (Å²) in [4.78, 5) is 20.1. The topological polar surface area (TPSA) is 51.7 Å². The Morgan fingerprint density at radius 2 is 1.85 bits per heavy atom. The molecule has 3 aromatic rings. The molecule has 27 heavy (non-hydrogen) atoms. The lowest BCUT2D eigenvalue weighted by molar-refractivity contribution is 0.0610. The Kier molecular flexibility index (Phi) is 4.99. The number of hydrogen-bond acceptors (Lipinski definition) is 5. The number of carbonyl (C=O) groups is 1. The molecular formula is C21H22N2O3S. The zero-order valence-electron chi connectivity index (χ0n) is 15.5. The van der Waals surface area contributed by atoms with E-state index in [4.69, 9.17) is 14.5 Å². The van der Waals surface area contributed by atoms with Crippen LogP contribution in [0.2, 0.25) is 0 Å². The third-order valence-electron chi connectivity index (χ3n) is 4.96. The van der Waals surface area contributed by atoms with E-state index in [1.807, 2.05) is 23.1 Å². The number of hydrogen-bond donors (Lipinski definition) is 0. The molecule has 1 amide bonds. The highest BCUT2D eigenvalue weighted by molar-refractivity contribution is 7.18. The first-order valence-corrected chi connectivity index (χ1v) is 9.91. The molecule has 2 aromatic carbocycles. The number of rotatable bonds is 4. The summed E-state index contributed by atoms with van der Waals surface area (Å²) < 4.78 is 11.8. The highest BCUT2D eigenvalue weighted by atomic mass is 32.1. The predicted molar refractivity (Wildman–Crippen MR) is 107 cm³/mol. The molecule has 1 fully saturated rings. The monoisotopic (exact) mass is 382 g/mol. The van der Waals surface area contributed by atoms with Crippen molar-refractivity contribution < 1.29 is 14.3 Å². The molecule has 0 bridgehead atoms. The number of para-hydroxylation sites is 1. The molecule has 5 nitrogen and oxygen atoms in total. The van der Waals surface area contributed by atoms with E-state index in [1.165, 1.54) is 0 Å². The van der Waals surface area contributed by atoms with Gasteiger partial charge in [-0.15, -0.1) is 11.3 Å². The van der Waals surface area contributed by atoms with Gasteiger partial charge in [0.2, 0.25) is 0 Å². The van der Waals surface area contributed by atoms with Gasteiger partial charge in [0.05, 0.1) is 30.5 Å². The van der Waals surface area contributed by atoms with E-state index in [0.717, 1.165) is 41.0 Å². The third kappa shape index (κ3) is 3.49. The molecule has 1 aromatic heterocycles. The molecule has 0 spiro atoms. The lowest BCUT2D eigenvalue weighted by Crippen LogP contribution is -2.38. The summed E-state index contributed by atoms with van der Waals surface area (Å²) in [6, 6.07) is 13.5. The molecule has 6 heteroatoms. The number of carbonyl (C=O) groups excluding carboxylic acids is 1. The highest BCUT2D eigenvalue weighted by Gasteiger charge is 2.31. The molecule has 1 unspecified atom stereocenters. The maximum atomic E-state index is 13.3. The van der Waals surface area contributed by atoms with Gasteiger partial charge in [-0.1, -0.05) is 12.1 Å². The van der Waals surface area contributed by atoms with Crippen LogP contribution in [0.15, 0.2) is 42.5 Å². The Bertz CT molecular complexity index is 914. The second-order valence-corrected chi connectivity index (χ2v) is 7.69. The highest BCUT2D eigenvalue weighted by Crippen LogP contribution is 2.37. The van der Waals surface area contributed by atoms with Crippen LogP contribution in [0.25, 0.3) is 10.2 Å². The van der Waals surface area contributed by atoms with Crippen molar-refractivity contribution in [1.29, 1.82) is 0 Å². The fraction of sp³-hybridized carbons (Fsp3) is 0.333. The minimum absolute atomic E-state index is 0.00356. The van der Waals surface area contributed by atoms with Gasteiger partial charge in [0.15, 0.2) is 0 Å². The van der Waals surface area contributed by atoms with E-state index < -0.39 is 0 Å². The minimum atomic E-state index is -0.00356. The van der Waals surface area contributed by atoms with E-state index >= 15 is 0 Å². The van der Waals surface area contributed by atoms with E-state index in [2.05, 4.69) is 6.07 Å². The smallest absolute Gasteiger partial charge is 0.254 e. The molecule has 0 N–H and O–H groups in total. The van der Waals surface area contributed by atoms with Crippen molar-refractivity contribution in [3.63, 3.8) is 0 Å². The molecular weight excluding hydrogens is 360 g/mol. The number of benzene rings is 2. The molecule has 1 aliphatic rings. The van der Waals surface area contributed by atoms with Gasteiger partial charge in [0, 0.05) is 18.2 Å². The molecule has 0 saturated carbocycles. The van der Waals surface area contributed by atoms with Crippen LogP contribution in [-0.2, 0) is 0 Å². The number of fused-ring (bicyclic) bond motifs is 1. The standard InChI is InChI=1S/C21H22N2O3S/c1-25-15-11-14(12-16(13-15)26-2)21(24)23-10-6-5-8-18(23)20-22-17-7-3-4-9-19(17)27-20/h3-4,7,9,11-13,18H,5-6,8,10H2,1-2H3. The van der Waals surface area contributed by atoms with Crippen LogP contribution in [0.5, 0.6) is 11.5 Å². The van der Waals surface area contributed by atoms with Crippen LogP contribution in [0, 0.1) is 0 Å². The van der Waals surface area contributed by atoms with Crippen molar-refractivity contribution in [2.75, 3.05) is 20.8 Å². The van der Waals surface area contributed by atoms with Gasteiger partial charge >= 0.3 is 0 Å². The Morgan fingerprint density at radius 1 is 1.11 bits per heavy atom. The zero-order valence-corrected chi connectivity index (χ0v) is 16.3.